The molecule has 3 rings (SSSR count). The number of nitrogens with one attached hydrogen (secondary N) is 2. The van der Waals surface area contributed by atoms with E-state index >= 15 is 0 Å². The molecule has 0 atom stereocenters. The molecule has 0 fully saturated rings. The van der Waals surface area contributed by atoms with Crippen LogP contribution in [0.5, 0.6) is 5.75 Å². The SMILES string of the molecule is Cc1ccc(Br)c(NCc2ccc3c(c2)NC(=O)CO3)c1. The Labute approximate surface area is 131 Å². The molecule has 2 N–H and O–H groups in total. The number of aryl methyl sites for hydroxylation is 1. The van der Waals surface area contributed by atoms with Crippen LogP contribution in [-0.4, -0.2) is 12.5 Å². The molecule has 1 heterocycles. The molecule has 2 aromatic carbocycles. The average Bonchev–Trinajstić information content (AvgIpc) is 2.47. The summed E-state index contributed by atoms with van der Waals surface area (Å²) in [5, 5.41) is 6.21. The normalized spacial score (nSPS) is 13.1. The van der Waals surface area contributed by atoms with Gasteiger partial charge in [-0.15, -0.1) is 0 Å². The van der Waals surface area contributed by atoms with E-state index in [0.29, 0.717) is 6.54 Å². The summed E-state index contributed by atoms with van der Waals surface area (Å²) in [5.74, 6) is 0.601. The van der Waals surface area contributed by atoms with Gasteiger partial charge in [0, 0.05) is 16.7 Å². The second kappa shape index (κ2) is 5.77. The van der Waals surface area contributed by atoms with Crippen molar-refractivity contribution in [3.8, 4) is 5.75 Å². The van der Waals surface area contributed by atoms with Gasteiger partial charge in [-0.1, -0.05) is 12.1 Å². The van der Waals surface area contributed by atoms with Gasteiger partial charge in [-0.05, 0) is 58.2 Å². The molecular weight excluding hydrogens is 332 g/mol. The van der Waals surface area contributed by atoms with E-state index in [0.717, 1.165) is 27.2 Å². The first-order valence-electron chi connectivity index (χ1n) is 6.67. The van der Waals surface area contributed by atoms with Gasteiger partial charge in [0.1, 0.15) is 5.75 Å². The fourth-order valence-corrected chi connectivity index (χ4v) is 2.60. The maximum Gasteiger partial charge on any atom is 0.262 e. The van der Waals surface area contributed by atoms with Gasteiger partial charge in [-0.25, -0.2) is 0 Å². The Balaban J connectivity index is 1.75. The van der Waals surface area contributed by atoms with Crippen LogP contribution in [0.1, 0.15) is 11.1 Å². The van der Waals surface area contributed by atoms with Crippen LogP contribution in [0.15, 0.2) is 40.9 Å². The zero-order chi connectivity index (χ0) is 14.8. The molecule has 0 bridgehead atoms. The second-order valence-corrected chi connectivity index (χ2v) is 5.86. The third-order valence-corrected chi connectivity index (χ3v) is 3.97. The van der Waals surface area contributed by atoms with Gasteiger partial charge in [0.2, 0.25) is 0 Å². The van der Waals surface area contributed by atoms with E-state index in [1.165, 1.54) is 5.56 Å². The van der Waals surface area contributed by atoms with Crippen LogP contribution >= 0.6 is 15.9 Å². The number of carbonyl (C=O) groups is 1. The lowest BCUT2D eigenvalue weighted by Gasteiger charge is -2.19. The molecule has 108 valence electrons. The Bertz CT molecular complexity index is 701. The molecule has 0 aromatic heterocycles. The van der Waals surface area contributed by atoms with Crippen LogP contribution in [0, 0.1) is 6.92 Å². The van der Waals surface area contributed by atoms with Crippen molar-refractivity contribution in [2.45, 2.75) is 13.5 Å². The van der Waals surface area contributed by atoms with Gasteiger partial charge in [0.15, 0.2) is 6.61 Å². The highest BCUT2D eigenvalue weighted by Gasteiger charge is 2.15. The number of hydrogen-bond acceptors (Lipinski definition) is 3. The predicted molar refractivity (Wildman–Crippen MR) is 86.8 cm³/mol. The molecule has 4 nitrogen and oxygen atoms in total. The first kappa shape index (κ1) is 13.9. The Morgan fingerprint density at radius 3 is 3.00 bits per heavy atom. The van der Waals surface area contributed by atoms with E-state index in [2.05, 4.69) is 45.6 Å². The topological polar surface area (TPSA) is 50.4 Å². The molecular formula is C16H15BrN2O2. The van der Waals surface area contributed by atoms with Crippen LogP contribution in [0.25, 0.3) is 0 Å². The number of anilines is 2. The smallest absolute Gasteiger partial charge is 0.262 e. The minimum absolute atomic E-state index is 0.0842. The number of halogens is 1. The number of carbonyl (C=O) groups excluding carboxylic acids is 1. The number of ether oxygens (including phenoxy) is 1. The van der Waals surface area contributed by atoms with Gasteiger partial charge in [0.25, 0.3) is 5.91 Å². The summed E-state index contributed by atoms with van der Waals surface area (Å²) in [6.07, 6.45) is 0. The number of amides is 1. The predicted octanol–water partition coefficient (Wildman–Crippen LogP) is 3.70. The molecule has 1 aliphatic heterocycles. The molecule has 1 amide bonds. The van der Waals surface area contributed by atoms with E-state index in [4.69, 9.17) is 4.74 Å². The van der Waals surface area contributed by atoms with Crippen LogP contribution in [-0.2, 0) is 11.3 Å². The fraction of sp³-hybridized carbons (Fsp3) is 0.188. The molecule has 2 aromatic rings. The lowest BCUT2D eigenvalue weighted by atomic mass is 10.1. The van der Waals surface area contributed by atoms with Gasteiger partial charge < -0.3 is 15.4 Å². The quantitative estimate of drug-likeness (QED) is 0.890. The van der Waals surface area contributed by atoms with Crippen LogP contribution in [0.3, 0.4) is 0 Å². The molecule has 0 saturated heterocycles. The van der Waals surface area contributed by atoms with Gasteiger partial charge >= 0.3 is 0 Å². The summed E-state index contributed by atoms with van der Waals surface area (Å²) in [4.78, 5) is 11.3. The van der Waals surface area contributed by atoms with Gasteiger partial charge in [0.05, 0.1) is 5.69 Å². The maximum atomic E-state index is 11.3. The lowest BCUT2D eigenvalue weighted by molar-refractivity contribution is -0.118. The summed E-state index contributed by atoms with van der Waals surface area (Å²) in [6.45, 7) is 2.81. The highest BCUT2D eigenvalue weighted by molar-refractivity contribution is 9.10. The minimum atomic E-state index is -0.117. The van der Waals surface area contributed by atoms with Crippen LogP contribution in [0.2, 0.25) is 0 Å². The van der Waals surface area contributed by atoms with Crippen molar-refractivity contribution in [2.75, 3.05) is 17.2 Å². The summed E-state index contributed by atoms with van der Waals surface area (Å²) in [6, 6.07) is 12.0. The van der Waals surface area contributed by atoms with E-state index in [-0.39, 0.29) is 12.5 Å². The van der Waals surface area contributed by atoms with Crippen molar-refractivity contribution >= 4 is 33.2 Å². The highest BCUT2D eigenvalue weighted by atomic mass is 79.9. The molecule has 0 aliphatic carbocycles. The average molecular weight is 347 g/mol. The van der Waals surface area contributed by atoms with Crippen molar-refractivity contribution in [1.29, 1.82) is 0 Å². The zero-order valence-electron chi connectivity index (χ0n) is 11.6. The van der Waals surface area contributed by atoms with Crippen molar-refractivity contribution in [2.24, 2.45) is 0 Å². The van der Waals surface area contributed by atoms with Crippen molar-refractivity contribution in [1.82, 2.24) is 0 Å². The molecule has 0 radical (unpaired) electrons. The number of rotatable bonds is 3. The summed E-state index contributed by atoms with van der Waals surface area (Å²) < 4.78 is 6.38. The monoisotopic (exact) mass is 346 g/mol. The van der Waals surface area contributed by atoms with E-state index < -0.39 is 0 Å². The Kier molecular flexibility index (Phi) is 3.84. The number of benzene rings is 2. The van der Waals surface area contributed by atoms with Crippen molar-refractivity contribution in [3.05, 3.63) is 52.0 Å². The second-order valence-electron chi connectivity index (χ2n) is 5.00. The molecule has 21 heavy (non-hydrogen) atoms. The lowest BCUT2D eigenvalue weighted by Crippen LogP contribution is -2.25. The zero-order valence-corrected chi connectivity index (χ0v) is 13.2. The molecule has 0 unspecified atom stereocenters. The number of hydrogen-bond donors (Lipinski definition) is 2. The highest BCUT2D eigenvalue weighted by Crippen LogP contribution is 2.29. The Morgan fingerprint density at radius 2 is 2.14 bits per heavy atom. The fourth-order valence-electron chi connectivity index (χ4n) is 2.21. The van der Waals surface area contributed by atoms with Gasteiger partial charge in [-0.2, -0.15) is 0 Å². The molecule has 0 spiro atoms. The molecule has 0 saturated carbocycles. The Morgan fingerprint density at radius 1 is 1.29 bits per heavy atom. The molecule has 1 aliphatic rings. The van der Waals surface area contributed by atoms with E-state index in [1.54, 1.807) is 0 Å². The van der Waals surface area contributed by atoms with Crippen LogP contribution in [0.4, 0.5) is 11.4 Å². The Hall–Kier alpha value is -2.01. The van der Waals surface area contributed by atoms with E-state index in [9.17, 15) is 4.79 Å². The first-order chi connectivity index (χ1) is 10.1. The largest absolute Gasteiger partial charge is 0.482 e. The van der Waals surface area contributed by atoms with Crippen molar-refractivity contribution in [3.63, 3.8) is 0 Å². The maximum absolute atomic E-state index is 11.3. The summed E-state index contributed by atoms with van der Waals surface area (Å²) >= 11 is 3.53. The third kappa shape index (κ3) is 3.19. The standard InChI is InChI=1S/C16H15BrN2O2/c1-10-2-4-12(17)13(6-10)18-8-11-3-5-15-14(7-11)19-16(20)9-21-15/h2-7,18H,8-9H2,1H3,(H,19,20). The summed E-state index contributed by atoms with van der Waals surface area (Å²) in [5.41, 5.74) is 4.06. The van der Waals surface area contributed by atoms with E-state index in [1.807, 2.05) is 24.3 Å². The van der Waals surface area contributed by atoms with Gasteiger partial charge in [-0.3, -0.25) is 4.79 Å². The van der Waals surface area contributed by atoms with Crippen LogP contribution < -0.4 is 15.4 Å². The van der Waals surface area contributed by atoms with Crippen molar-refractivity contribution < 1.29 is 9.53 Å². The third-order valence-electron chi connectivity index (χ3n) is 3.28. The first-order valence-corrected chi connectivity index (χ1v) is 7.47. The summed E-state index contributed by atoms with van der Waals surface area (Å²) in [7, 11) is 0. The molecule has 5 heteroatoms. The minimum Gasteiger partial charge on any atom is -0.482 e. The number of fused-ring (bicyclic) bond motifs is 1.